The van der Waals surface area contributed by atoms with Crippen LogP contribution in [0, 0.1) is 20.8 Å². The van der Waals surface area contributed by atoms with E-state index in [2.05, 4.69) is 38.2 Å². The van der Waals surface area contributed by atoms with E-state index in [1.807, 2.05) is 68.4 Å². The topological polar surface area (TPSA) is 91.0 Å². The zero-order valence-electron chi connectivity index (χ0n) is 16.9. The Morgan fingerprint density at radius 1 is 0.828 bits per heavy atom. The Hall–Kier alpha value is -3.61. The van der Waals surface area contributed by atoms with Gasteiger partial charge in [-0.25, -0.2) is 9.78 Å². The van der Waals surface area contributed by atoms with Crippen LogP contribution in [-0.2, 0) is 0 Å². The molecule has 0 bridgehead atoms. The maximum absolute atomic E-state index is 12.0. The van der Waals surface area contributed by atoms with Crippen LogP contribution in [0.4, 0.5) is 27.9 Å². The molecule has 0 unspecified atom stereocenters. The number of hydrogen-bond donors (Lipinski definition) is 4. The van der Waals surface area contributed by atoms with Crippen molar-refractivity contribution >= 4 is 29.2 Å². The van der Waals surface area contributed by atoms with Gasteiger partial charge >= 0.3 is 6.03 Å². The summed E-state index contributed by atoms with van der Waals surface area (Å²) in [6.07, 6.45) is 0. The molecule has 0 spiro atoms. The highest BCUT2D eigenvalue weighted by molar-refractivity contribution is 5.89. The first-order chi connectivity index (χ1) is 14.0. The molecule has 29 heavy (non-hydrogen) atoms. The molecule has 0 fully saturated rings. The second-order valence-corrected chi connectivity index (χ2v) is 6.88. The fraction of sp³-hybridized carbons (Fsp3) is 0.227. The van der Waals surface area contributed by atoms with Crippen LogP contribution in [-0.4, -0.2) is 29.1 Å². The van der Waals surface area contributed by atoms with Crippen molar-refractivity contribution in [1.29, 1.82) is 0 Å². The molecule has 0 radical (unpaired) electrons. The van der Waals surface area contributed by atoms with Gasteiger partial charge in [0, 0.05) is 36.2 Å². The molecule has 3 aromatic rings. The van der Waals surface area contributed by atoms with Crippen molar-refractivity contribution in [3.05, 3.63) is 71.4 Å². The number of benzene rings is 2. The molecule has 7 nitrogen and oxygen atoms in total. The van der Waals surface area contributed by atoms with E-state index in [0.717, 1.165) is 22.6 Å². The number of rotatable bonds is 7. The predicted molar refractivity (Wildman–Crippen MR) is 118 cm³/mol. The number of urea groups is 1. The molecule has 150 valence electrons. The average Bonchev–Trinajstić information content (AvgIpc) is 2.68. The average molecular weight is 390 g/mol. The van der Waals surface area contributed by atoms with Gasteiger partial charge in [-0.2, -0.15) is 4.98 Å². The highest BCUT2D eigenvalue weighted by Crippen LogP contribution is 2.17. The summed E-state index contributed by atoms with van der Waals surface area (Å²) in [5.74, 6) is 1.23. The molecule has 0 saturated heterocycles. The van der Waals surface area contributed by atoms with E-state index in [-0.39, 0.29) is 6.03 Å². The fourth-order valence-corrected chi connectivity index (χ4v) is 2.66. The van der Waals surface area contributed by atoms with Crippen molar-refractivity contribution in [3.63, 3.8) is 0 Å². The van der Waals surface area contributed by atoms with Gasteiger partial charge in [-0.3, -0.25) is 0 Å². The molecule has 1 aromatic heterocycles. The van der Waals surface area contributed by atoms with Crippen molar-refractivity contribution in [3.8, 4) is 0 Å². The molecule has 0 aliphatic heterocycles. The van der Waals surface area contributed by atoms with Gasteiger partial charge in [-0.15, -0.1) is 0 Å². The van der Waals surface area contributed by atoms with Gasteiger partial charge in [-0.1, -0.05) is 35.4 Å². The van der Waals surface area contributed by atoms with Gasteiger partial charge < -0.3 is 21.3 Å². The largest absolute Gasteiger partial charge is 0.352 e. The van der Waals surface area contributed by atoms with Crippen LogP contribution in [0.5, 0.6) is 0 Å². The number of carbonyl (C=O) groups is 1. The van der Waals surface area contributed by atoms with E-state index in [1.54, 1.807) is 0 Å². The maximum Gasteiger partial charge on any atom is 0.319 e. The highest BCUT2D eigenvalue weighted by Gasteiger charge is 2.04. The smallest absolute Gasteiger partial charge is 0.319 e. The monoisotopic (exact) mass is 390 g/mol. The van der Waals surface area contributed by atoms with Crippen LogP contribution >= 0.6 is 0 Å². The minimum absolute atomic E-state index is 0.248. The normalized spacial score (nSPS) is 10.3. The summed E-state index contributed by atoms with van der Waals surface area (Å²) >= 11 is 0. The number of nitrogens with one attached hydrogen (secondary N) is 4. The van der Waals surface area contributed by atoms with Gasteiger partial charge in [0.15, 0.2) is 0 Å². The maximum atomic E-state index is 12.0. The van der Waals surface area contributed by atoms with Crippen molar-refractivity contribution < 1.29 is 4.79 Å². The molecular formula is C22H26N6O. The lowest BCUT2D eigenvalue weighted by molar-refractivity contribution is 0.252. The molecular weight excluding hydrogens is 364 g/mol. The summed E-state index contributed by atoms with van der Waals surface area (Å²) in [5.41, 5.74) is 4.93. The third-order valence-electron chi connectivity index (χ3n) is 4.18. The molecule has 0 saturated carbocycles. The highest BCUT2D eigenvalue weighted by atomic mass is 16.2. The van der Waals surface area contributed by atoms with E-state index in [0.29, 0.717) is 24.9 Å². The second-order valence-electron chi connectivity index (χ2n) is 6.88. The molecule has 7 heteroatoms. The summed E-state index contributed by atoms with van der Waals surface area (Å²) in [4.78, 5) is 20.8. The van der Waals surface area contributed by atoms with Gasteiger partial charge in [-0.05, 0) is 45.0 Å². The molecule has 0 atom stereocenters. The van der Waals surface area contributed by atoms with Crippen LogP contribution in [0.1, 0.15) is 16.8 Å². The zero-order valence-corrected chi connectivity index (χ0v) is 16.9. The third kappa shape index (κ3) is 6.49. The lowest BCUT2D eigenvalue weighted by atomic mass is 10.2. The SMILES string of the molecule is Cc1ccc(NC(=O)NCCNc2nc(C)cc(Nc3ccc(C)cc3)n2)cc1. The van der Waals surface area contributed by atoms with Crippen LogP contribution < -0.4 is 21.3 Å². The number of amides is 2. The van der Waals surface area contributed by atoms with E-state index in [4.69, 9.17) is 0 Å². The number of nitrogens with zero attached hydrogens (tertiary/aromatic N) is 2. The standard InChI is InChI=1S/C22H26N6O/c1-15-4-8-18(9-5-15)26-20-14-17(3)25-21(28-20)23-12-13-24-22(29)27-19-10-6-16(2)7-11-19/h4-11,14H,12-13H2,1-3H3,(H2,24,27,29)(H2,23,25,26,28). The number of hydrogen-bond acceptors (Lipinski definition) is 5. The Morgan fingerprint density at radius 2 is 1.45 bits per heavy atom. The molecule has 2 amide bonds. The van der Waals surface area contributed by atoms with Gasteiger partial charge in [0.1, 0.15) is 5.82 Å². The minimum atomic E-state index is -0.248. The zero-order chi connectivity index (χ0) is 20.6. The summed E-state index contributed by atoms with van der Waals surface area (Å²) < 4.78 is 0. The minimum Gasteiger partial charge on any atom is -0.352 e. The molecule has 0 aliphatic rings. The number of carbonyl (C=O) groups excluding carboxylic acids is 1. The summed E-state index contributed by atoms with van der Waals surface area (Å²) in [7, 11) is 0. The Morgan fingerprint density at radius 3 is 2.10 bits per heavy atom. The van der Waals surface area contributed by atoms with Crippen molar-refractivity contribution in [2.24, 2.45) is 0 Å². The Kier molecular flexibility index (Phi) is 6.63. The predicted octanol–water partition coefficient (Wildman–Crippen LogP) is 4.38. The Labute approximate surface area is 171 Å². The number of aromatic nitrogens is 2. The van der Waals surface area contributed by atoms with Crippen molar-refractivity contribution in [2.45, 2.75) is 20.8 Å². The van der Waals surface area contributed by atoms with Crippen LogP contribution in [0.25, 0.3) is 0 Å². The van der Waals surface area contributed by atoms with Gasteiger partial charge in [0.2, 0.25) is 5.95 Å². The summed E-state index contributed by atoms with van der Waals surface area (Å²) in [6.45, 7) is 6.92. The Balaban J connectivity index is 1.47. The van der Waals surface area contributed by atoms with Gasteiger partial charge in [0.05, 0.1) is 0 Å². The first-order valence-electron chi connectivity index (χ1n) is 9.53. The Bertz CT molecular complexity index is 954. The molecule has 1 heterocycles. The molecule has 4 N–H and O–H groups in total. The third-order valence-corrected chi connectivity index (χ3v) is 4.18. The molecule has 3 rings (SSSR count). The quantitative estimate of drug-likeness (QED) is 0.450. The van der Waals surface area contributed by atoms with E-state index in [1.165, 1.54) is 5.56 Å². The second kappa shape index (κ2) is 9.54. The van der Waals surface area contributed by atoms with Crippen LogP contribution in [0.2, 0.25) is 0 Å². The van der Waals surface area contributed by atoms with Crippen molar-refractivity contribution in [2.75, 3.05) is 29.0 Å². The molecule has 0 aliphatic carbocycles. The summed E-state index contributed by atoms with van der Waals surface area (Å²) in [6, 6.07) is 17.4. The van der Waals surface area contributed by atoms with Crippen LogP contribution in [0.15, 0.2) is 54.6 Å². The van der Waals surface area contributed by atoms with Crippen LogP contribution in [0.3, 0.4) is 0 Å². The van der Waals surface area contributed by atoms with Gasteiger partial charge in [0.25, 0.3) is 0 Å². The lowest BCUT2D eigenvalue weighted by Crippen LogP contribution is -2.32. The van der Waals surface area contributed by atoms with Crippen molar-refractivity contribution in [1.82, 2.24) is 15.3 Å². The first-order valence-corrected chi connectivity index (χ1v) is 9.53. The van der Waals surface area contributed by atoms with E-state index >= 15 is 0 Å². The molecule has 2 aromatic carbocycles. The number of anilines is 4. The lowest BCUT2D eigenvalue weighted by Gasteiger charge is -2.11. The fourth-order valence-electron chi connectivity index (χ4n) is 2.66. The first kappa shape index (κ1) is 20.1. The number of aryl methyl sites for hydroxylation is 3. The summed E-state index contributed by atoms with van der Waals surface area (Å²) in [5, 5.41) is 12.0. The van der Waals surface area contributed by atoms with E-state index < -0.39 is 0 Å². The van der Waals surface area contributed by atoms with E-state index in [9.17, 15) is 4.79 Å².